The Bertz CT molecular complexity index is 475. The van der Waals surface area contributed by atoms with Crippen molar-refractivity contribution >= 4 is 21.6 Å². The van der Waals surface area contributed by atoms with E-state index >= 15 is 0 Å². The first-order chi connectivity index (χ1) is 8.69. The van der Waals surface area contributed by atoms with Gasteiger partial charge >= 0.3 is 0 Å². The summed E-state index contributed by atoms with van der Waals surface area (Å²) in [6, 6.07) is 3.66. The molecule has 1 N–H and O–H groups in total. The molecule has 1 heterocycles. The molecular formula is C12H14BrNO4. The number of hydrogen-bond donors (Lipinski definition) is 1. The van der Waals surface area contributed by atoms with Gasteiger partial charge in [0, 0.05) is 16.5 Å². The van der Waals surface area contributed by atoms with Gasteiger partial charge in [-0.3, -0.25) is 0 Å². The fraction of sp³-hybridized carbons (Fsp3) is 0.417. The molecule has 0 spiro atoms. The lowest BCUT2D eigenvalue weighted by Crippen LogP contribution is -2.13. The van der Waals surface area contributed by atoms with Crippen molar-refractivity contribution in [2.45, 2.75) is 12.5 Å². The largest absolute Gasteiger partial charge is 0.493 e. The van der Waals surface area contributed by atoms with Crippen molar-refractivity contribution in [3.05, 3.63) is 22.2 Å². The van der Waals surface area contributed by atoms with Crippen LogP contribution in [0.4, 0.5) is 0 Å². The monoisotopic (exact) mass is 315 g/mol. The lowest BCUT2D eigenvalue weighted by atomic mass is 10.0. The number of aliphatic hydroxyl groups is 1. The van der Waals surface area contributed by atoms with Crippen molar-refractivity contribution < 1.29 is 19.4 Å². The fourth-order valence-corrected chi connectivity index (χ4v) is 2.31. The Morgan fingerprint density at radius 3 is 2.61 bits per heavy atom. The minimum Gasteiger partial charge on any atom is -0.493 e. The number of hydrogen-bond acceptors (Lipinski definition) is 5. The summed E-state index contributed by atoms with van der Waals surface area (Å²) in [4.78, 5) is 5.10. The number of nitrogens with zero attached hydrogens (tertiary/aromatic N) is 1. The van der Waals surface area contributed by atoms with E-state index < -0.39 is 0 Å². The van der Waals surface area contributed by atoms with Crippen LogP contribution < -0.4 is 9.47 Å². The highest BCUT2D eigenvalue weighted by Crippen LogP contribution is 2.35. The van der Waals surface area contributed by atoms with Crippen LogP contribution in [0, 0.1) is 0 Å². The Kier molecular flexibility index (Phi) is 4.08. The van der Waals surface area contributed by atoms with Gasteiger partial charge in [0.1, 0.15) is 0 Å². The van der Waals surface area contributed by atoms with Gasteiger partial charge in [0.2, 0.25) is 0 Å². The van der Waals surface area contributed by atoms with E-state index in [2.05, 4.69) is 21.1 Å². The Hall–Kier alpha value is -1.27. The van der Waals surface area contributed by atoms with Crippen molar-refractivity contribution in [2.75, 3.05) is 20.8 Å². The van der Waals surface area contributed by atoms with E-state index in [0.717, 1.165) is 15.7 Å². The second kappa shape index (κ2) is 5.58. The Morgan fingerprint density at radius 2 is 2.06 bits per heavy atom. The highest BCUT2D eigenvalue weighted by molar-refractivity contribution is 9.10. The van der Waals surface area contributed by atoms with E-state index in [0.29, 0.717) is 17.9 Å². The summed E-state index contributed by atoms with van der Waals surface area (Å²) in [6.45, 7) is -0.0437. The van der Waals surface area contributed by atoms with E-state index in [1.807, 2.05) is 12.1 Å². The van der Waals surface area contributed by atoms with E-state index in [4.69, 9.17) is 19.4 Å². The normalized spacial score (nSPS) is 18.2. The lowest BCUT2D eigenvalue weighted by molar-refractivity contribution is 0.0390. The van der Waals surface area contributed by atoms with Crippen LogP contribution in [0.5, 0.6) is 11.5 Å². The van der Waals surface area contributed by atoms with Crippen LogP contribution in [0.25, 0.3) is 0 Å². The second-order valence-electron chi connectivity index (χ2n) is 3.84. The van der Waals surface area contributed by atoms with Crippen molar-refractivity contribution in [2.24, 2.45) is 5.16 Å². The number of halogens is 1. The van der Waals surface area contributed by atoms with Gasteiger partial charge in [0.25, 0.3) is 0 Å². The Balaban J connectivity index is 2.34. The summed E-state index contributed by atoms with van der Waals surface area (Å²) in [5.41, 5.74) is 1.66. The minimum absolute atomic E-state index is 0.0437. The van der Waals surface area contributed by atoms with Crippen LogP contribution in [0.15, 0.2) is 21.8 Å². The summed E-state index contributed by atoms with van der Waals surface area (Å²) in [5.74, 6) is 1.28. The number of ether oxygens (including phenoxy) is 2. The molecule has 1 aliphatic rings. The SMILES string of the molecule is COc1cc(Br)c(C2=NOC(CO)C2)cc1OC. The molecule has 1 aliphatic heterocycles. The van der Waals surface area contributed by atoms with E-state index in [1.54, 1.807) is 14.2 Å². The molecule has 0 amide bonds. The Morgan fingerprint density at radius 1 is 1.39 bits per heavy atom. The van der Waals surface area contributed by atoms with E-state index in [9.17, 15) is 0 Å². The standard InChI is InChI=1S/C12H14BrNO4/c1-16-11-4-8(9(13)5-12(11)17-2)10-3-7(6-15)18-14-10/h4-5,7,15H,3,6H2,1-2H3. The smallest absolute Gasteiger partial charge is 0.161 e. The molecule has 1 aromatic rings. The average Bonchev–Trinajstić information content (AvgIpc) is 2.86. The summed E-state index contributed by atoms with van der Waals surface area (Å²) >= 11 is 3.47. The third-order valence-electron chi connectivity index (χ3n) is 2.72. The van der Waals surface area contributed by atoms with Crippen LogP contribution in [-0.2, 0) is 4.84 Å². The van der Waals surface area contributed by atoms with Crippen LogP contribution >= 0.6 is 15.9 Å². The third-order valence-corrected chi connectivity index (χ3v) is 3.38. The molecule has 1 unspecified atom stereocenters. The number of methoxy groups -OCH3 is 2. The predicted molar refractivity (Wildman–Crippen MR) is 70.4 cm³/mol. The first-order valence-electron chi connectivity index (χ1n) is 5.45. The topological polar surface area (TPSA) is 60.3 Å². The molecule has 18 heavy (non-hydrogen) atoms. The molecule has 0 saturated carbocycles. The van der Waals surface area contributed by atoms with Crippen LogP contribution in [0.2, 0.25) is 0 Å². The molecule has 98 valence electrons. The highest BCUT2D eigenvalue weighted by Gasteiger charge is 2.24. The van der Waals surface area contributed by atoms with Crippen molar-refractivity contribution in [3.8, 4) is 11.5 Å². The molecule has 0 aliphatic carbocycles. The van der Waals surface area contributed by atoms with Crippen LogP contribution in [-0.4, -0.2) is 37.7 Å². The van der Waals surface area contributed by atoms with Crippen molar-refractivity contribution in [1.82, 2.24) is 0 Å². The molecule has 0 aromatic heterocycles. The molecule has 6 heteroatoms. The maximum absolute atomic E-state index is 9.03. The fourth-order valence-electron chi connectivity index (χ4n) is 1.76. The van der Waals surface area contributed by atoms with Crippen molar-refractivity contribution in [1.29, 1.82) is 0 Å². The number of aliphatic hydroxyl groups excluding tert-OH is 1. The molecule has 0 bridgehead atoms. The number of oxime groups is 1. The van der Waals surface area contributed by atoms with Gasteiger partial charge in [-0.2, -0.15) is 0 Å². The molecule has 0 saturated heterocycles. The molecule has 5 nitrogen and oxygen atoms in total. The van der Waals surface area contributed by atoms with Crippen molar-refractivity contribution in [3.63, 3.8) is 0 Å². The minimum atomic E-state index is -0.264. The van der Waals surface area contributed by atoms with Crippen LogP contribution in [0.3, 0.4) is 0 Å². The highest BCUT2D eigenvalue weighted by atomic mass is 79.9. The van der Waals surface area contributed by atoms with Gasteiger partial charge in [-0.05, 0) is 28.1 Å². The van der Waals surface area contributed by atoms with Gasteiger partial charge in [-0.15, -0.1) is 0 Å². The predicted octanol–water partition coefficient (Wildman–Crippen LogP) is 1.95. The van der Waals surface area contributed by atoms with Gasteiger partial charge in [-0.1, -0.05) is 5.16 Å². The number of benzene rings is 1. The van der Waals surface area contributed by atoms with Gasteiger partial charge in [0.05, 0.1) is 26.5 Å². The van der Waals surface area contributed by atoms with Gasteiger partial charge < -0.3 is 19.4 Å². The van der Waals surface area contributed by atoms with Gasteiger partial charge in [0.15, 0.2) is 17.6 Å². The zero-order valence-electron chi connectivity index (χ0n) is 10.1. The summed E-state index contributed by atoms with van der Waals surface area (Å²) < 4.78 is 11.3. The van der Waals surface area contributed by atoms with Gasteiger partial charge in [-0.25, -0.2) is 0 Å². The average molecular weight is 316 g/mol. The summed E-state index contributed by atoms with van der Waals surface area (Å²) in [5, 5.41) is 13.0. The van der Waals surface area contributed by atoms with E-state index in [1.165, 1.54) is 0 Å². The first-order valence-corrected chi connectivity index (χ1v) is 6.24. The maximum Gasteiger partial charge on any atom is 0.161 e. The molecule has 0 radical (unpaired) electrons. The molecule has 0 fully saturated rings. The second-order valence-corrected chi connectivity index (χ2v) is 4.69. The summed E-state index contributed by atoms with van der Waals surface area (Å²) in [6.07, 6.45) is 0.310. The zero-order chi connectivity index (χ0) is 13.1. The maximum atomic E-state index is 9.03. The van der Waals surface area contributed by atoms with Crippen LogP contribution in [0.1, 0.15) is 12.0 Å². The first kappa shape index (κ1) is 13.2. The third kappa shape index (κ3) is 2.44. The molecule has 1 aromatic carbocycles. The summed E-state index contributed by atoms with van der Waals surface area (Å²) in [7, 11) is 3.17. The molecular weight excluding hydrogens is 302 g/mol. The number of rotatable bonds is 4. The molecule has 1 atom stereocenters. The lowest BCUT2D eigenvalue weighted by Gasteiger charge is -2.11. The van der Waals surface area contributed by atoms with E-state index in [-0.39, 0.29) is 12.7 Å². The molecule has 2 rings (SSSR count). The Labute approximate surface area is 113 Å². The quantitative estimate of drug-likeness (QED) is 0.922. The zero-order valence-corrected chi connectivity index (χ0v) is 11.7.